The lowest BCUT2D eigenvalue weighted by Crippen LogP contribution is -2.35. The summed E-state index contributed by atoms with van der Waals surface area (Å²) in [4.78, 5) is 14.5. The van der Waals surface area contributed by atoms with Crippen LogP contribution in [-0.2, 0) is 0 Å². The molecule has 1 aromatic rings. The molecular weight excluding hydrogens is 178 g/mol. The van der Waals surface area contributed by atoms with Crippen molar-refractivity contribution in [2.45, 2.75) is 12.5 Å². The average Bonchev–Trinajstić information content (AvgIpc) is 2.87. The van der Waals surface area contributed by atoms with Gasteiger partial charge in [-0.25, -0.2) is 0 Å². The van der Waals surface area contributed by atoms with E-state index in [-0.39, 0.29) is 5.78 Å². The molecule has 1 saturated heterocycles. The van der Waals surface area contributed by atoms with Gasteiger partial charge in [0.25, 0.3) is 0 Å². The predicted octanol–water partition coefficient (Wildman–Crippen LogP) is 0.149. The summed E-state index contributed by atoms with van der Waals surface area (Å²) in [5.74, 6) is 0.127. The van der Waals surface area contributed by atoms with Gasteiger partial charge in [-0.15, -0.1) is 0 Å². The molecule has 0 radical (unpaired) electrons. The third-order valence-electron chi connectivity index (χ3n) is 2.51. The molecule has 3 N–H and O–H groups in total. The first-order chi connectivity index (χ1) is 6.86. The van der Waals surface area contributed by atoms with Crippen molar-refractivity contribution >= 4 is 5.78 Å². The van der Waals surface area contributed by atoms with E-state index in [0.29, 0.717) is 18.3 Å². The highest BCUT2D eigenvalue weighted by atomic mass is 16.1. The molecule has 0 bridgehead atoms. The van der Waals surface area contributed by atoms with E-state index in [1.54, 1.807) is 12.3 Å². The Morgan fingerprint density at radius 2 is 2.57 bits per heavy atom. The quantitative estimate of drug-likeness (QED) is 0.597. The van der Waals surface area contributed by atoms with E-state index in [1.165, 1.54) is 0 Å². The predicted molar refractivity (Wildman–Crippen MR) is 54.4 cm³/mol. The summed E-state index contributed by atoms with van der Waals surface area (Å²) in [6.07, 6.45) is 2.88. The largest absolute Gasteiger partial charge is 0.359 e. The number of ketones is 1. The molecule has 4 heteroatoms. The fourth-order valence-corrected chi connectivity index (χ4v) is 1.66. The number of aromatic amines is 1. The van der Waals surface area contributed by atoms with E-state index in [0.717, 1.165) is 19.5 Å². The van der Waals surface area contributed by atoms with Gasteiger partial charge in [-0.2, -0.15) is 0 Å². The summed E-state index contributed by atoms with van der Waals surface area (Å²) in [6, 6.07) is 4.09. The van der Waals surface area contributed by atoms with E-state index in [2.05, 4.69) is 15.6 Å². The molecule has 0 unspecified atom stereocenters. The minimum atomic E-state index is 0.127. The highest BCUT2D eigenvalue weighted by Gasteiger charge is 2.15. The van der Waals surface area contributed by atoms with Crippen molar-refractivity contribution in [2.24, 2.45) is 0 Å². The standard InChI is InChI=1S/C10H15N3O/c14-10(9-2-1-4-12-9)7-13-8-3-5-11-6-8/h1-2,4,8,11-13H,3,5-7H2/t8-/m1/s1. The fourth-order valence-electron chi connectivity index (χ4n) is 1.66. The highest BCUT2D eigenvalue weighted by molar-refractivity contribution is 5.95. The molecule has 1 atom stereocenters. The summed E-state index contributed by atoms with van der Waals surface area (Å²) < 4.78 is 0. The van der Waals surface area contributed by atoms with Gasteiger partial charge in [0.15, 0.2) is 5.78 Å². The molecule has 2 rings (SSSR count). The van der Waals surface area contributed by atoms with E-state index >= 15 is 0 Å². The van der Waals surface area contributed by atoms with Gasteiger partial charge in [-0.05, 0) is 25.1 Å². The van der Waals surface area contributed by atoms with Gasteiger partial charge in [0, 0.05) is 18.8 Å². The van der Waals surface area contributed by atoms with Crippen LogP contribution in [0.25, 0.3) is 0 Å². The van der Waals surface area contributed by atoms with Crippen molar-refractivity contribution in [1.82, 2.24) is 15.6 Å². The lowest BCUT2D eigenvalue weighted by atomic mass is 10.2. The Morgan fingerprint density at radius 3 is 3.21 bits per heavy atom. The van der Waals surface area contributed by atoms with Crippen molar-refractivity contribution in [3.05, 3.63) is 24.0 Å². The van der Waals surface area contributed by atoms with Gasteiger partial charge in [-0.1, -0.05) is 0 Å². The topological polar surface area (TPSA) is 56.9 Å². The lowest BCUT2D eigenvalue weighted by Gasteiger charge is -2.09. The number of rotatable bonds is 4. The van der Waals surface area contributed by atoms with Crippen LogP contribution in [0.2, 0.25) is 0 Å². The highest BCUT2D eigenvalue weighted by Crippen LogP contribution is 1.99. The molecule has 0 aliphatic carbocycles. The summed E-state index contributed by atoms with van der Waals surface area (Å²) >= 11 is 0. The molecule has 1 aromatic heterocycles. The van der Waals surface area contributed by atoms with Crippen molar-refractivity contribution in [3.8, 4) is 0 Å². The van der Waals surface area contributed by atoms with Crippen molar-refractivity contribution in [1.29, 1.82) is 0 Å². The molecule has 4 nitrogen and oxygen atoms in total. The Kier molecular flexibility index (Phi) is 2.96. The van der Waals surface area contributed by atoms with Crippen LogP contribution in [0.1, 0.15) is 16.9 Å². The number of H-pyrrole nitrogens is 1. The van der Waals surface area contributed by atoms with Crippen LogP contribution >= 0.6 is 0 Å². The monoisotopic (exact) mass is 193 g/mol. The first-order valence-corrected chi connectivity index (χ1v) is 4.97. The molecular formula is C10H15N3O. The van der Waals surface area contributed by atoms with Crippen LogP contribution < -0.4 is 10.6 Å². The van der Waals surface area contributed by atoms with Crippen LogP contribution in [0.5, 0.6) is 0 Å². The van der Waals surface area contributed by atoms with E-state index in [1.807, 2.05) is 6.07 Å². The minimum absolute atomic E-state index is 0.127. The third kappa shape index (κ3) is 2.21. The number of hydrogen-bond acceptors (Lipinski definition) is 3. The maximum Gasteiger partial charge on any atom is 0.192 e. The Balaban J connectivity index is 1.78. The van der Waals surface area contributed by atoms with Crippen molar-refractivity contribution in [3.63, 3.8) is 0 Å². The lowest BCUT2D eigenvalue weighted by molar-refractivity contribution is 0.0984. The normalized spacial score (nSPS) is 21.3. The maximum absolute atomic E-state index is 11.5. The van der Waals surface area contributed by atoms with E-state index < -0.39 is 0 Å². The molecule has 0 saturated carbocycles. The van der Waals surface area contributed by atoms with Crippen LogP contribution in [0, 0.1) is 0 Å². The van der Waals surface area contributed by atoms with Crippen molar-refractivity contribution < 1.29 is 4.79 Å². The number of carbonyl (C=O) groups is 1. The Labute approximate surface area is 83.1 Å². The van der Waals surface area contributed by atoms with Crippen molar-refractivity contribution in [2.75, 3.05) is 19.6 Å². The van der Waals surface area contributed by atoms with Crippen LogP contribution in [-0.4, -0.2) is 36.4 Å². The number of nitrogens with one attached hydrogen (secondary N) is 3. The van der Waals surface area contributed by atoms with Gasteiger partial charge < -0.3 is 15.6 Å². The molecule has 0 spiro atoms. The zero-order chi connectivity index (χ0) is 9.80. The first kappa shape index (κ1) is 9.43. The van der Waals surface area contributed by atoms with Gasteiger partial charge in [0.2, 0.25) is 0 Å². The van der Waals surface area contributed by atoms with Gasteiger partial charge in [-0.3, -0.25) is 4.79 Å². The Hall–Kier alpha value is -1.13. The zero-order valence-corrected chi connectivity index (χ0v) is 8.05. The number of hydrogen-bond donors (Lipinski definition) is 3. The smallest absolute Gasteiger partial charge is 0.192 e. The van der Waals surface area contributed by atoms with Crippen LogP contribution in [0.3, 0.4) is 0 Å². The number of aromatic nitrogens is 1. The Bertz CT molecular complexity index is 288. The van der Waals surface area contributed by atoms with Gasteiger partial charge in [0.05, 0.1) is 12.2 Å². The average molecular weight is 193 g/mol. The molecule has 0 amide bonds. The van der Waals surface area contributed by atoms with Gasteiger partial charge in [0.1, 0.15) is 0 Å². The molecule has 14 heavy (non-hydrogen) atoms. The van der Waals surface area contributed by atoms with Gasteiger partial charge >= 0.3 is 0 Å². The maximum atomic E-state index is 11.5. The second kappa shape index (κ2) is 4.39. The minimum Gasteiger partial charge on any atom is -0.359 e. The summed E-state index contributed by atoms with van der Waals surface area (Å²) in [5, 5.41) is 6.49. The summed E-state index contributed by atoms with van der Waals surface area (Å²) in [6.45, 7) is 2.44. The van der Waals surface area contributed by atoms with Crippen LogP contribution in [0.15, 0.2) is 18.3 Å². The first-order valence-electron chi connectivity index (χ1n) is 4.97. The molecule has 76 valence electrons. The molecule has 2 heterocycles. The molecule has 1 fully saturated rings. The molecule has 0 aromatic carbocycles. The zero-order valence-electron chi connectivity index (χ0n) is 8.05. The second-order valence-electron chi connectivity index (χ2n) is 3.58. The Morgan fingerprint density at radius 1 is 1.64 bits per heavy atom. The SMILES string of the molecule is O=C(CN[C@@H]1CCNC1)c1ccc[nH]1. The molecule has 1 aliphatic heterocycles. The summed E-state index contributed by atoms with van der Waals surface area (Å²) in [5.41, 5.74) is 0.684. The molecule has 1 aliphatic rings. The van der Waals surface area contributed by atoms with E-state index in [4.69, 9.17) is 0 Å². The second-order valence-corrected chi connectivity index (χ2v) is 3.58. The number of carbonyl (C=O) groups excluding carboxylic acids is 1. The van der Waals surface area contributed by atoms with Crippen LogP contribution in [0.4, 0.5) is 0 Å². The fraction of sp³-hybridized carbons (Fsp3) is 0.500. The summed E-state index contributed by atoms with van der Waals surface area (Å²) in [7, 11) is 0. The van der Waals surface area contributed by atoms with E-state index in [9.17, 15) is 4.79 Å². The third-order valence-corrected chi connectivity index (χ3v) is 2.51. The number of Topliss-reactive ketones (excluding diaryl/α,β-unsaturated/α-hetero) is 1.